The van der Waals surface area contributed by atoms with Crippen LogP contribution < -0.4 is 5.32 Å². The van der Waals surface area contributed by atoms with Crippen LogP contribution in [0.5, 0.6) is 0 Å². The van der Waals surface area contributed by atoms with Crippen molar-refractivity contribution in [1.29, 1.82) is 0 Å². The van der Waals surface area contributed by atoms with Crippen LogP contribution in [0.4, 0.5) is 0 Å². The SMILES string of the molecule is O=C(NCCSCc1ccc(Cl)cc1)C1CCCN(Cc2nc(-c3cccs3)no2)C1. The Hall–Kier alpha value is -1.87. The van der Waals surface area contributed by atoms with Gasteiger partial charge < -0.3 is 9.84 Å². The molecule has 6 nitrogen and oxygen atoms in total. The van der Waals surface area contributed by atoms with Gasteiger partial charge in [-0.1, -0.05) is 35.0 Å². The van der Waals surface area contributed by atoms with Crippen molar-refractivity contribution in [3.63, 3.8) is 0 Å². The van der Waals surface area contributed by atoms with Crippen LogP contribution in [0.25, 0.3) is 10.7 Å². The topological polar surface area (TPSA) is 71.3 Å². The zero-order chi connectivity index (χ0) is 21.5. The van der Waals surface area contributed by atoms with Crippen LogP contribution in [0.2, 0.25) is 5.02 Å². The molecule has 1 aliphatic rings. The molecule has 1 saturated heterocycles. The van der Waals surface area contributed by atoms with Crippen LogP contribution in [-0.4, -0.2) is 46.3 Å². The Morgan fingerprint density at radius 1 is 1.32 bits per heavy atom. The highest BCUT2D eigenvalue weighted by molar-refractivity contribution is 7.98. The Morgan fingerprint density at radius 3 is 3.00 bits per heavy atom. The first-order valence-electron chi connectivity index (χ1n) is 10.4. The maximum Gasteiger partial charge on any atom is 0.241 e. The Bertz CT molecular complexity index is 962. The first-order chi connectivity index (χ1) is 15.2. The van der Waals surface area contributed by atoms with Crippen molar-refractivity contribution >= 4 is 40.6 Å². The minimum absolute atomic E-state index is 0.00898. The predicted octanol–water partition coefficient (Wildman–Crippen LogP) is 4.71. The molecule has 3 heterocycles. The molecule has 1 aromatic carbocycles. The molecule has 2 aromatic heterocycles. The van der Waals surface area contributed by atoms with E-state index in [4.69, 9.17) is 16.1 Å². The van der Waals surface area contributed by atoms with Crippen LogP contribution in [0.15, 0.2) is 46.3 Å². The molecule has 0 aliphatic carbocycles. The van der Waals surface area contributed by atoms with Crippen LogP contribution >= 0.6 is 34.7 Å². The number of carbonyl (C=O) groups is 1. The zero-order valence-electron chi connectivity index (χ0n) is 17.1. The van der Waals surface area contributed by atoms with Gasteiger partial charge in [0.25, 0.3) is 0 Å². The van der Waals surface area contributed by atoms with Crippen LogP contribution in [-0.2, 0) is 17.1 Å². The summed E-state index contributed by atoms with van der Waals surface area (Å²) in [6.45, 7) is 2.93. The van der Waals surface area contributed by atoms with E-state index in [1.54, 1.807) is 11.3 Å². The van der Waals surface area contributed by atoms with Crippen molar-refractivity contribution in [2.45, 2.75) is 25.1 Å². The molecule has 1 aliphatic heterocycles. The number of nitrogens with zero attached hydrogens (tertiary/aromatic N) is 3. The highest BCUT2D eigenvalue weighted by atomic mass is 35.5. The number of carbonyl (C=O) groups excluding carboxylic acids is 1. The smallest absolute Gasteiger partial charge is 0.241 e. The lowest BCUT2D eigenvalue weighted by molar-refractivity contribution is -0.126. The number of piperidine rings is 1. The van der Waals surface area contributed by atoms with Crippen molar-refractivity contribution in [3.05, 3.63) is 58.3 Å². The maximum absolute atomic E-state index is 12.6. The second-order valence-corrected chi connectivity index (χ2v) is 10.0. The molecule has 1 N–H and O–H groups in total. The molecule has 164 valence electrons. The summed E-state index contributed by atoms with van der Waals surface area (Å²) in [6.07, 6.45) is 1.92. The van der Waals surface area contributed by atoms with E-state index in [-0.39, 0.29) is 11.8 Å². The van der Waals surface area contributed by atoms with E-state index in [1.165, 1.54) is 5.56 Å². The molecule has 9 heteroatoms. The number of benzene rings is 1. The van der Waals surface area contributed by atoms with Gasteiger partial charge in [0, 0.05) is 29.6 Å². The summed E-state index contributed by atoms with van der Waals surface area (Å²) in [5, 5.41) is 9.92. The van der Waals surface area contributed by atoms with Crippen molar-refractivity contribution in [3.8, 4) is 10.7 Å². The average molecular weight is 477 g/mol. The lowest BCUT2D eigenvalue weighted by Gasteiger charge is -2.30. The zero-order valence-corrected chi connectivity index (χ0v) is 19.5. The quantitative estimate of drug-likeness (QED) is 0.451. The van der Waals surface area contributed by atoms with E-state index < -0.39 is 0 Å². The Morgan fingerprint density at radius 2 is 2.19 bits per heavy atom. The number of likely N-dealkylation sites (tertiary alicyclic amines) is 1. The van der Waals surface area contributed by atoms with Gasteiger partial charge in [-0.25, -0.2) is 0 Å². The molecule has 4 rings (SSSR count). The first-order valence-corrected chi connectivity index (χ1v) is 12.8. The van der Waals surface area contributed by atoms with E-state index in [0.29, 0.717) is 24.8 Å². The van der Waals surface area contributed by atoms with Gasteiger partial charge >= 0.3 is 0 Å². The third-order valence-electron chi connectivity index (χ3n) is 5.17. The Kier molecular flexibility index (Phi) is 8.02. The summed E-state index contributed by atoms with van der Waals surface area (Å²) in [5.74, 6) is 3.19. The number of hydrogen-bond donors (Lipinski definition) is 1. The minimum Gasteiger partial charge on any atom is -0.355 e. The van der Waals surface area contributed by atoms with Crippen LogP contribution in [0.1, 0.15) is 24.3 Å². The van der Waals surface area contributed by atoms with Crippen LogP contribution in [0.3, 0.4) is 0 Å². The highest BCUT2D eigenvalue weighted by Crippen LogP contribution is 2.23. The number of thiophene rings is 1. The van der Waals surface area contributed by atoms with Crippen molar-refractivity contribution in [1.82, 2.24) is 20.4 Å². The molecular weight excluding hydrogens is 452 g/mol. The molecule has 0 saturated carbocycles. The number of rotatable bonds is 9. The fraction of sp³-hybridized carbons (Fsp3) is 0.409. The summed E-state index contributed by atoms with van der Waals surface area (Å²) in [7, 11) is 0. The molecular formula is C22H25ClN4O2S2. The maximum atomic E-state index is 12.6. The van der Waals surface area contributed by atoms with Gasteiger partial charge in [0.2, 0.25) is 17.6 Å². The monoisotopic (exact) mass is 476 g/mol. The second-order valence-electron chi connectivity index (χ2n) is 7.53. The Labute approximate surface area is 195 Å². The molecule has 1 fully saturated rings. The summed E-state index contributed by atoms with van der Waals surface area (Å²) >= 11 is 9.31. The van der Waals surface area contributed by atoms with Gasteiger partial charge in [-0.3, -0.25) is 9.69 Å². The summed E-state index contributed by atoms with van der Waals surface area (Å²) in [5.41, 5.74) is 1.24. The van der Waals surface area contributed by atoms with Crippen LogP contribution in [0, 0.1) is 5.92 Å². The average Bonchev–Trinajstić information content (AvgIpc) is 3.47. The predicted molar refractivity (Wildman–Crippen MR) is 126 cm³/mol. The summed E-state index contributed by atoms with van der Waals surface area (Å²) in [4.78, 5) is 20.3. The number of amides is 1. The van der Waals surface area contributed by atoms with Crippen molar-refractivity contribution in [2.24, 2.45) is 5.92 Å². The number of thioether (sulfide) groups is 1. The summed E-state index contributed by atoms with van der Waals surface area (Å²) < 4.78 is 5.41. The van der Waals surface area contributed by atoms with E-state index in [9.17, 15) is 4.79 Å². The number of hydrogen-bond acceptors (Lipinski definition) is 7. The lowest BCUT2D eigenvalue weighted by Crippen LogP contribution is -2.43. The molecule has 1 atom stereocenters. The first kappa shape index (κ1) is 22.3. The van der Waals surface area contributed by atoms with E-state index in [0.717, 1.165) is 47.3 Å². The van der Waals surface area contributed by atoms with Gasteiger partial charge in [0.15, 0.2) is 0 Å². The molecule has 0 bridgehead atoms. The molecule has 1 amide bonds. The highest BCUT2D eigenvalue weighted by Gasteiger charge is 2.26. The third kappa shape index (κ3) is 6.55. The molecule has 3 aromatic rings. The fourth-order valence-electron chi connectivity index (χ4n) is 3.59. The number of nitrogens with one attached hydrogen (secondary N) is 1. The van der Waals surface area contributed by atoms with Gasteiger partial charge in [0.1, 0.15) is 0 Å². The van der Waals surface area contributed by atoms with Gasteiger partial charge in [-0.05, 0) is 48.5 Å². The van der Waals surface area contributed by atoms with Gasteiger partial charge in [0.05, 0.1) is 17.3 Å². The molecule has 0 radical (unpaired) electrons. The van der Waals surface area contributed by atoms with Crippen molar-refractivity contribution in [2.75, 3.05) is 25.4 Å². The van der Waals surface area contributed by atoms with E-state index in [1.807, 2.05) is 53.5 Å². The Balaban J connectivity index is 1.17. The van der Waals surface area contributed by atoms with Gasteiger partial charge in [-0.15, -0.1) is 11.3 Å². The number of halogens is 1. The molecule has 31 heavy (non-hydrogen) atoms. The van der Waals surface area contributed by atoms with Crippen molar-refractivity contribution < 1.29 is 9.32 Å². The third-order valence-corrected chi connectivity index (χ3v) is 7.32. The van der Waals surface area contributed by atoms with E-state index >= 15 is 0 Å². The largest absolute Gasteiger partial charge is 0.355 e. The second kappa shape index (κ2) is 11.1. The standard InChI is InChI=1S/C22H25ClN4O2S2/c23-18-7-5-16(6-8-18)15-30-12-9-24-22(28)17-3-1-10-27(13-17)14-20-25-21(26-29-20)19-4-2-11-31-19/h2,4-8,11,17H,1,3,9-10,12-15H2,(H,24,28). The van der Waals surface area contributed by atoms with Gasteiger partial charge in [-0.2, -0.15) is 16.7 Å². The van der Waals surface area contributed by atoms with E-state index in [2.05, 4.69) is 20.4 Å². The minimum atomic E-state index is 0.00898. The lowest BCUT2D eigenvalue weighted by atomic mass is 9.97. The molecule has 0 spiro atoms. The summed E-state index contributed by atoms with van der Waals surface area (Å²) in [6, 6.07) is 11.8. The normalized spacial score (nSPS) is 17.0. The number of aromatic nitrogens is 2. The molecule has 1 unspecified atom stereocenters. The fourth-order valence-corrected chi connectivity index (χ4v) is 5.18.